The number of carbonyl (C=O) groups excluding carboxylic acids is 1. The van der Waals surface area contributed by atoms with Crippen molar-refractivity contribution in [2.45, 2.75) is 19.1 Å². The Kier molecular flexibility index (Phi) is 5.01. The fourth-order valence-electron chi connectivity index (χ4n) is 2.71. The number of para-hydroxylation sites is 1. The standard InChI is InChI=1S/C17H14F3N3OS2/c1-9-13(14(23-16(25)21-9)10-6-7-26-8-10)15(24)22-12-5-3-2-4-11(12)17(18,19)20/h2-8,14H,1H3,(H,22,24)(H2,21,23,25)/t14-/m0/s1. The summed E-state index contributed by atoms with van der Waals surface area (Å²) in [5.41, 5.74) is 0.404. The zero-order valence-corrected chi connectivity index (χ0v) is 15.1. The van der Waals surface area contributed by atoms with Gasteiger partial charge in [0.15, 0.2) is 5.11 Å². The second-order valence-corrected chi connectivity index (χ2v) is 6.81. The van der Waals surface area contributed by atoms with Crippen LogP contribution < -0.4 is 16.0 Å². The minimum absolute atomic E-state index is 0.286. The van der Waals surface area contributed by atoms with Crippen LogP contribution in [-0.2, 0) is 11.0 Å². The molecule has 9 heteroatoms. The molecule has 3 rings (SSSR count). The SMILES string of the molecule is CC1=C(C(=O)Nc2ccccc2C(F)(F)F)[C@H](c2ccsc2)NC(=S)N1. The van der Waals surface area contributed by atoms with Gasteiger partial charge in [-0.2, -0.15) is 24.5 Å². The van der Waals surface area contributed by atoms with Gasteiger partial charge in [-0.15, -0.1) is 0 Å². The first-order valence-electron chi connectivity index (χ1n) is 7.55. The number of thiocarbonyl (C=S) groups is 1. The van der Waals surface area contributed by atoms with Gasteiger partial charge < -0.3 is 16.0 Å². The van der Waals surface area contributed by atoms with Crippen molar-refractivity contribution in [1.29, 1.82) is 0 Å². The van der Waals surface area contributed by atoms with E-state index in [1.165, 1.54) is 29.5 Å². The Hall–Kier alpha value is -2.39. The van der Waals surface area contributed by atoms with Crippen LogP contribution in [0.2, 0.25) is 0 Å². The lowest BCUT2D eigenvalue weighted by Crippen LogP contribution is -2.45. The lowest BCUT2D eigenvalue weighted by molar-refractivity contribution is -0.137. The number of alkyl halides is 3. The molecule has 2 heterocycles. The van der Waals surface area contributed by atoms with Gasteiger partial charge in [0.1, 0.15) is 0 Å². The van der Waals surface area contributed by atoms with E-state index < -0.39 is 23.7 Å². The molecule has 1 aliphatic heterocycles. The van der Waals surface area contributed by atoms with Gasteiger partial charge in [0, 0.05) is 5.70 Å². The number of rotatable bonds is 3. The summed E-state index contributed by atoms with van der Waals surface area (Å²) in [5.74, 6) is -0.627. The highest BCUT2D eigenvalue weighted by Crippen LogP contribution is 2.35. The molecule has 0 unspecified atom stereocenters. The van der Waals surface area contributed by atoms with Crippen LogP contribution >= 0.6 is 23.6 Å². The molecule has 0 saturated heterocycles. The first-order chi connectivity index (χ1) is 12.3. The molecule has 1 amide bonds. The Morgan fingerprint density at radius 3 is 2.65 bits per heavy atom. The van der Waals surface area contributed by atoms with Gasteiger partial charge in [-0.1, -0.05) is 12.1 Å². The van der Waals surface area contributed by atoms with Crippen LogP contribution in [-0.4, -0.2) is 11.0 Å². The van der Waals surface area contributed by atoms with E-state index in [4.69, 9.17) is 12.2 Å². The highest BCUT2D eigenvalue weighted by molar-refractivity contribution is 7.80. The summed E-state index contributed by atoms with van der Waals surface area (Å²) in [6, 6.07) is 6.17. The number of nitrogens with one attached hydrogen (secondary N) is 3. The largest absolute Gasteiger partial charge is 0.418 e. The smallest absolute Gasteiger partial charge is 0.351 e. The number of hydrogen-bond acceptors (Lipinski definition) is 3. The fraction of sp³-hybridized carbons (Fsp3) is 0.176. The third-order valence-electron chi connectivity index (χ3n) is 3.87. The van der Waals surface area contributed by atoms with Crippen LogP contribution in [0.3, 0.4) is 0 Å². The zero-order valence-electron chi connectivity index (χ0n) is 13.5. The second kappa shape index (κ2) is 7.08. The number of allylic oxidation sites excluding steroid dienone is 1. The van der Waals surface area contributed by atoms with E-state index in [1.807, 2.05) is 16.8 Å². The molecule has 0 spiro atoms. The van der Waals surface area contributed by atoms with Crippen molar-refractivity contribution < 1.29 is 18.0 Å². The molecule has 26 heavy (non-hydrogen) atoms. The molecule has 4 nitrogen and oxygen atoms in total. The fourth-order valence-corrected chi connectivity index (χ4v) is 3.67. The first kappa shape index (κ1) is 18.4. The molecule has 3 N–H and O–H groups in total. The molecule has 0 radical (unpaired) electrons. The molecular formula is C17H14F3N3OS2. The molecule has 136 valence electrons. The Balaban J connectivity index is 1.96. The minimum atomic E-state index is -4.56. The predicted molar refractivity (Wildman–Crippen MR) is 98.7 cm³/mol. The van der Waals surface area contributed by atoms with E-state index in [0.717, 1.165) is 11.6 Å². The summed E-state index contributed by atoms with van der Waals surface area (Å²) in [6.07, 6.45) is -4.56. The number of thiophene rings is 1. The zero-order chi connectivity index (χ0) is 18.9. The molecule has 0 fully saturated rings. The highest BCUT2D eigenvalue weighted by atomic mass is 32.1. The van der Waals surface area contributed by atoms with E-state index in [-0.39, 0.29) is 11.3 Å². The maximum Gasteiger partial charge on any atom is 0.418 e. The van der Waals surface area contributed by atoms with Crippen molar-refractivity contribution in [1.82, 2.24) is 10.6 Å². The first-order valence-corrected chi connectivity index (χ1v) is 8.90. The van der Waals surface area contributed by atoms with E-state index in [9.17, 15) is 18.0 Å². The molecule has 1 aromatic heterocycles. The molecule has 1 aromatic carbocycles. The number of hydrogen-bond donors (Lipinski definition) is 3. The molecule has 0 bridgehead atoms. The Morgan fingerprint density at radius 2 is 2.00 bits per heavy atom. The van der Waals surface area contributed by atoms with E-state index >= 15 is 0 Å². The Labute approximate surface area is 157 Å². The average molecular weight is 397 g/mol. The number of carbonyl (C=O) groups is 1. The van der Waals surface area contributed by atoms with E-state index in [1.54, 1.807) is 6.92 Å². The van der Waals surface area contributed by atoms with E-state index in [2.05, 4.69) is 16.0 Å². The number of anilines is 1. The van der Waals surface area contributed by atoms with Crippen LogP contribution in [0.5, 0.6) is 0 Å². The number of benzene rings is 1. The molecule has 0 aliphatic carbocycles. The Morgan fingerprint density at radius 1 is 1.27 bits per heavy atom. The number of amides is 1. The van der Waals surface area contributed by atoms with Crippen molar-refractivity contribution in [3.63, 3.8) is 0 Å². The Bertz CT molecular complexity index is 876. The summed E-state index contributed by atoms with van der Waals surface area (Å²) in [7, 11) is 0. The van der Waals surface area contributed by atoms with Gasteiger partial charge in [-0.05, 0) is 53.7 Å². The van der Waals surface area contributed by atoms with Gasteiger partial charge in [0.2, 0.25) is 0 Å². The van der Waals surface area contributed by atoms with Crippen molar-refractivity contribution in [3.05, 3.63) is 63.5 Å². The molecule has 0 saturated carbocycles. The van der Waals surface area contributed by atoms with E-state index in [0.29, 0.717) is 10.8 Å². The average Bonchev–Trinajstić information content (AvgIpc) is 3.07. The van der Waals surface area contributed by atoms with Crippen LogP contribution in [0.25, 0.3) is 0 Å². The molecule has 1 atom stereocenters. The lowest BCUT2D eigenvalue weighted by Gasteiger charge is -2.30. The molecule has 1 aliphatic rings. The minimum Gasteiger partial charge on any atom is -0.351 e. The maximum absolute atomic E-state index is 13.2. The van der Waals surface area contributed by atoms with Crippen molar-refractivity contribution in [2.75, 3.05) is 5.32 Å². The molecule has 2 aromatic rings. The van der Waals surface area contributed by atoms with Gasteiger partial charge in [-0.25, -0.2) is 0 Å². The van der Waals surface area contributed by atoms with Crippen LogP contribution in [0.1, 0.15) is 24.1 Å². The predicted octanol–water partition coefficient (Wildman–Crippen LogP) is 4.20. The summed E-state index contributed by atoms with van der Waals surface area (Å²) in [6.45, 7) is 1.66. The van der Waals surface area contributed by atoms with Gasteiger partial charge in [-0.3, -0.25) is 4.79 Å². The third-order valence-corrected chi connectivity index (χ3v) is 4.79. The van der Waals surface area contributed by atoms with Gasteiger partial charge in [0.25, 0.3) is 5.91 Å². The van der Waals surface area contributed by atoms with Crippen molar-refractivity contribution in [2.24, 2.45) is 0 Å². The molecular weight excluding hydrogens is 383 g/mol. The van der Waals surface area contributed by atoms with Crippen molar-refractivity contribution >= 4 is 40.3 Å². The quantitative estimate of drug-likeness (QED) is 0.680. The normalized spacial score (nSPS) is 17.5. The monoisotopic (exact) mass is 397 g/mol. The highest BCUT2D eigenvalue weighted by Gasteiger charge is 2.35. The van der Waals surface area contributed by atoms with Gasteiger partial charge in [0.05, 0.1) is 22.9 Å². The maximum atomic E-state index is 13.2. The summed E-state index contributed by atoms with van der Waals surface area (Å²) in [4.78, 5) is 12.8. The topological polar surface area (TPSA) is 53.2 Å². The second-order valence-electron chi connectivity index (χ2n) is 5.62. The van der Waals surface area contributed by atoms with Crippen LogP contribution in [0, 0.1) is 0 Å². The summed E-state index contributed by atoms with van der Waals surface area (Å²) in [5, 5.41) is 12.3. The lowest BCUT2D eigenvalue weighted by atomic mass is 9.97. The van der Waals surface area contributed by atoms with Crippen molar-refractivity contribution in [3.8, 4) is 0 Å². The summed E-state index contributed by atoms with van der Waals surface area (Å²) >= 11 is 6.59. The summed E-state index contributed by atoms with van der Waals surface area (Å²) < 4.78 is 39.5. The van der Waals surface area contributed by atoms with Gasteiger partial charge >= 0.3 is 6.18 Å². The van der Waals surface area contributed by atoms with Crippen LogP contribution in [0.4, 0.5) is 18.9 Å². The third kappa shape index (κ3) is 3.73. The number of halogens is 3. The van der Waals surface area contributed by atoms with Crippen LogP contribution in [0.15, 0.2) is 52.4 Å².